The molecule has 2 unspecified atom stereocenters. The first kappa shape index (κ1) is 15.0. The molecule has 2 bridgehead atoms. The molecule has 2 aliphatic carbocycles. The Kier molecular flexibility index (Phi) is 3.43. The number of fused-ring (bicyclic) bond motifs is 1. The Bertz CT molecular complexity index is 656. The number of methoxy groups -OCH3 is 2. The van der Waals surface area contributed by atoms with Crippen molar-refractivity contribution in [3.63, 3.8) is 0 Å². The topological polar surface area (TPSA) is 41.9 Å². The SMILES string of the molecule is COc1c(O)ccc2c1[C@]13CCN(C)C(C2)C1C=C[C@H](OC)C3. The van der Waals surface area contributed by atoms with Gasteiger partial charge in [0.15, 0.2) is 11.5 Å². The first-order valence-corrected chi connectivity index (χ1v) is 8.41. The Morgan fingerprint density at radius 3 is 2.83 bits per heavy atom. The Morgan fingerprint density at radius 1 is 1.26 bits per heavy atom. The molecule has 1 heterocycles. The number of phenols is 1. The molecule has 0 amide bonds. The zero-order chi connectivity index (χ0) is 16.2. The number of benzene rings is 1. The lowest BCUT2D eigenvalue weighted by Crippen LogP contribution is -2.60. The fourth-order valence-electron chi connectivity index (χ4n) is 5.17. The van der Waals surface area contributed by atoms with E-state index in [1.165, 1.54) is 11.1 Å². The molecule has 4 heteroatoms. The largest absolute Gasteiger partial charge is 0.504 e. The van der Waals surface area contributed by atoms with Gasteiger partial charge in [-0.15, -0.1) is 0 Å². The Morgan fingerprint density at radius 2 is 2.09 bits per heavy atom. The zero-order valence-electron chi connectivity index (χ0n) is 14.1. The lowest BCUT2D eigenvalue weighted by Gasteiger charge is -2.57. The fraction of sp³-hybridized carbons (Fsp3) is 0.579. The highest BCUT2D eigenvalue weighted by Crippen LogP contribution is 2.57. The molecule has 0 radical (unpaired) electrons. The van der Waals surface area contributed by atoms with Crippen LogP contribution in [0, 0.1) is 5.92 Å². The summed E-state index contributed by atoms with van der Waals surface area (Å²) in [6.45, 7) is 1.07. The van der Waals surface area contributed by atoms with Gasteiger partial charge in [0.05, 0.1) is 13.2 Å². The van der Waals surface area contributed by atoms with Crippen LogP contribution in [-0.4, -0.2) is 50.0 Å². The zero-order valence-corrected chi connectivity index (χ0v) is 14.1. The van der Waals surface area contributed by atoms with E-state index in [4.69, 9.17) is 9.47 Å². The van der Waals surface area contributed by atoms with Gasteiger partial charge in [0.1, 0.15) is 0 Å². The number of likely N-dealkylation sites (tertiary alicyclic amines) is 1. The molecule has 1 aromatic rings. The van der Waals surface area contributed by atoms with Crippen molar-refractivity contribution < 1.29 is 14.6 Å². The molecule has 0 aromatic heterocycles. The van der Waals surface area contributed by atoms with Crippen LogP contribution in [0.15, 0.2) is 24.3 Å². The van der Waals surface area contributed by atoms with Gasteiger partial charge in [-0.3, -0.25) is 0 Å². The maximum atomic E-state index is 10.3. The van der Waals surface area contributed by atoms with Crippen molar-refractivity contribution in [2.75, 3.05) is 27.8 Å². The van der Waals surface area contributed by atoms with Crippen LogP contribution in [0.25, 0.3) is 0 Å². The fourth-order valence-corrected chi connectivity index (χ4v) is 5.17. The van der Waals surface area contributed by atoms with E-state index >= 15 is 0 Å². The van der Waals surface area contributed by atoms with E-state index in [2.05, 4.69) is 30.2 Å². The quantitative estimate of drug-likeness (QED) is 0.852. The Balaban J connectivity index is 1.96. The minimum absolute atomic E-state index is 0.00424. The molecule has 1 aromatic carbocycles. The minimum Gasteiger partial charge on any atom is -0.504 e. The molecular weight excluding hydrogens is 290 g/mol. The second-order valence-electron chi connectivity index (χ2n) is 7.20. The molecule has 1 N–H and O–H groups in total. The highest BCUT2D eigenvalue weighted by atomic mass is 16.5. The minimum atomic E-state index is 0.00424. The maximum Gasteiger partial charge on any atom is 0.164 e. The number of phenolic OH excluding ortho intramolecular Hbond substituents is 1. The monoisotopic (exact) mass is 315 g/mol. The van der Waals surface area contributed by atoms with Crippen LogP contribution >= 0.6 is 0 Å². The van der Waals surface area contributed by atoms with Gasteiger partial charge < -0.3 is 19.5 Å². The number of nitrogens with zero attached hydrogens (tertiary/aromatic N) is 1. The molecule has 1 saturated heterocycles. The van der Waals surface area contributed by atoms with Gasteiger partial charge in [0.25, 0.3) is 0 Å². The van der Waals surface area contributed by atoms with Crippen LogP contribution in [0.2, 0.25) is 0 Å². The third kappa shape index (κ3) is 1.98. The van der Waals surface area contributed by atoms with Crippen molar-refractivity contribution in [2.24, 2.45) is 5.92 Å². The third-order valence-corrected chi connectivity index (χ3v) is 6.28. The molecule has 4 rings (SSSR count). The highest BCUT2D eigenvalue weighted by molar-refractivity contribution is 5.57. The number of aromatic hydroxyl groups is 1. The van der Waals surface area contributed by atoms with E-state index in [9.17, 15) is 5.11 Å². The average Bonchev–Trinajstić information content (AvgIpc) is 2.57. The van der Waals surface area contributed by atoms with E-state index in [-0.39, 0.29) is 17.3 Å². The highest BCUT2D eigenvalue weighted by Gasteiger charge is 2.55. The first-order chi connectivity index (χ1) is 11.1. The summed E-state index contributed by atoms with van der Waals surface area (Å²) >= 11 is 0. The van der Waals surface area contributed by atoms with Crippen LogP contribution in [0.3, 0.4) is 0 Å². The van der Waals surface area contributed by atoms with Crippen LogP contribution in [0.5, 0.6) is 11.5 Å². The maximum absolute atomic E-state index is 10.3. The number of piperidine rings is 1. The lowest BCUT2D eigenvalue weighted by atomic mass is 9.53. The summed E-state index contributed by atoms with van der Waals surface area (Å²) in [5.74, 6) is 1.37. The van der Waals surface area contributed by atoms with Crippen molar-refractivity contribution in [1.29, 1.82) is 0 Å². The van der Waals surface area contributed by atoms with Crippen molar-refractivity contribution in [2.45, 2.75) is 36.8 Å². The van der Waals surface area contributed by atoms with Gasteiger partial charge in [-0.1, -0.05) is 18.2 Å². The summed E-state index contributed by atoms with van der Waals surface area (Å²) in [6, 6.07) is 4.37. The summed E-state index contributed by atoms with van der Waals surface area (Å²) in [7, 11) is 5.67. The smallest absolute Gasteiger partial charge is 0.164 e. The van der Waals surface area contributed by atoms with E-state index < -0.39 is 0 Å². The van der Waals surface area contributed by atoms with Crippen LogP contribution < -0.4 is 4.74 Å². The number of likely N-dealkylation sites (N-methyl/N-ethyl adjacent to an activating group) is 1. The lowest BCUT2D eigenvalue weighted by molar-refractivity contribution is 0.00758. The molecule has 124 valence electrons. The van der Waals surface area contributed by atoms with E-state index in [1.807, 2.05) is 0 Å². The summed E-state index contributed by atoms with van der Waals surface area (Å²) in [4.78, 5) is 2.49. The van der Waals surface area contributed by atoms with E-state index in [0.717, 1.165) is 25.8 Å². The molecule has 1 fully saturated rings. The van der Waals surface area contributed by atoms with Crippen molar-refractivity contribution in [3.05, 3.63) is 35.4 Å². The molecule has 0 spiro atoms. The molecule has 3 aliphatic rings. The normalized spacial score (nSPS) is 35.5. The third-order valence-electron chi connectivity index (χ3n) is 6.28. The summed E-state index contributed by atoms with van der Waals surface area (Å²) < 4.78 is 11.3. The molecule has 1 aliphatic heterocycles. The molecule has 4 atom stereocenters. The second kappa shape index (κ2) is 5.25. The standard InChI is InChI=1S/C19H25NO3/c1-20-9-8-19-11-13(22-2)5-6-14(19)15(20)10-12-4-7-16(21)18(23-3)17(12)19/h4-7,13-15,21H,8-11H2,1-3H3/t13-,14?,15?,19-/m0/s1. The van der Waals surface area contributed by atoms with Gasteiger partial charge in [-0.05, 0) is 44.5 Å². The molecule has 4 nitrogen and oxygen atoms in total. The van der Waals surface area contributed by atoms with Gasteiger partial charge in [-0.25, -0.2) is 0 Å². The van der Waals surface area contributed by atoms with Gasteiger partial charge in [0, 0.05) is 30.0 Å². The van der Waals surface area contributed by atoms with Crippen molar-refractivity contribution in [3.8, 4) is 11.5 Å². The average molecular weight is 315 g/mol. The Hall–Kier alpha value is -1.52. The Labute approximate surface area is 137 Å². The number of hydrogen-bond donors (Lipinski definition) is 1. The van der Waals surface area contributed by atoms with Gasteiger partial charge >= 0.3 is 0 Å². The second-order valence-corrected chi connectivity index (χ2v) is 7.20. The molecule has 0 saturated carbocycles. The van der Waals surface area contributed by atoms with Crippen molar-refractivity contribution in [1.82, 2.24) is 4.90 Å². The van der Waals surface area contributed by atoms with Crippen molar-refractivity contribution >= 4 is 0 Å². The first-order valence-electron chi connectivity index (χ1n) is 8.41. The van der Waals surface area contributed by atoms with Crippen LogP contribution in [-0.2, 0) is 16.6 Å². The van der Waals surface area contributed by atoms with E-state index in [1.54, 1.807) is 20.3 Å². The number of ether oxygens (including phenoxy) is 2. The molecule has 23 heavy (non-hydrogen) atoms. The number of rotatable bonds is 2. The van der Waals surface area contributed by atoms with E-state index in [0.29, 0.717) is 17.7 Å². The predicted octanol–water partition coefficient (Wildman–Crippen LogP) is 2.49. The summed E-state index contributed by atoms with van der Waals surface area (Å²) in [6.07, 6.45) is 7.74. The summed E-state index contributed by atoms with van der Waals surface area (Å²) in [5, 5.41) is 10.3. The number of hydrogen-bond acceptors (Lipinski definition) is 4. The predicted molar refractivity (Wildman–Crippen MR) is 89.1 cm³/mol. The van der Waals surface area contributed by atoms with Crippen LogP contribution in [0.1, 0.15) is 24.0 Å². The van der Waals surface area contributed by atoms with Gasteiger partial charge in [0.2, 0.25) is 0 Å². The summed E-state index contributed by atoms with van der Waals surface area (Å²) in [5.41, 5.74) is 2.54. The molecular formula is C19H25NO3. The van der Waals surface area contributed by atoms with Gasteiger partial charge in [-0.2, -0.15) is 0 Å². The van der Waals surface area contributed by atoms with Crippen LogP contribution in [0.4, 0.5) is 0 Å².